The van der Waals surface area contributed by atoms with Gasteiger partial charge >= 0.3 is 6.55 Å². The maximum atomic E-state index is 13.4. The second kappa shape index (κ2) is 8.17. The van der Waals surface area contributed by atoms with Crippen LogP contribution in [0.3, 0.4) is 0 Å². The van der Waals surface area contributed by atoms with Crippen LogP contribution in [-0.2, 0) is 16.0 Å². The van der Waals surface area contributed by atoms with Crippen LogP contribution >= 0.6 is 0 Å². The predicted molar refractivity (Wildman–Crippen MR) is 80.0 cm³/mol. The Balaban J connectivity index is 2.25. The summed E-state index contributed by atoms with van der Waals surface area (Å²) in [6.45, 7) is 0.0239. The van der Waals surface area contributed by atoms with Crippen molar-refractivity contribution >= 4 is 11.0 Å². The maximum absolute atomic E-state index is 13.4. The van der Waals surface area contributed by atoms with Crippen LogP contribution in [0, 0.1) is 0 Å². The minimum Gasteiger partial charge on any atom is -0.383 e. The van der Waals surface area contributed by atoms with Gasteiger partial charge in [-0.15, -0.1) is 0 Å². The Kier molecular flexibility index (Phi) is 6.23. The third-order valence-corrected chi connectivity index (χ3v) is 3.45. The summed E-state index contributed by atoms with van der Waals surface area (Å²) in [5.41, 5.74) is 1.03. The first kappa shape index (κ1) is 16.8. The topological polar surface area (TPSA) is 39.5 Å². The molecule has 0 saturated carbocycles. The van der Waals surface area contributed by atoms with Gasteiger partial charge in [-0.25, -0.2) is 4.98 Å². The number of hydrogen-bond acceptors (Lipinski definition) is 4. The Bertz CT molecular complexity index is 581. The molecule has 2 aromatic rings. The van der Waals surface area contributed by atoms with E-state index in [1.165, 1.54) is 0 Å². The monoisotopic (exact) mass is 313 g/mol. The third kappa shape index (κ3) is 4.00. The fourth-order valence-electron chi connectivity index (χ4n) is 2.33. The molecule has 0 aliphatic heterocycles. The number of benzene rings is 1. The van der Waals surface area contributed by atoms with Gasteiger partial charge in [-0.2, -0.15) is 8.78 Å². The molecule has 0 amide bonds. The summed E-state index contributed by atoms with van der Waals surface area (Å²) in [7, 11) is 3.23. The predicted octanol–water partition coefficient (Wildman–Crippen LogP) is 2.53. The van der Waals surface area contributed by atoms with Crippen LogP contribution < -0.4 is 0 Å². The van der Waals surface area contributed by atoms with Crippen molar-refractivity contribution in [2.75, 3.05) is 40.5 Å². The molecule has 0 radical (unpaired) electrons. The van der Waals surface area contributed by atoms with E-state index in [9.17, 15) is 8.78 Å². The number of aromatic nitrogens is 2. The van der Waals surface area contributed by atoms with Gasteiger partial charge < -0.3 is 9.47 Å². The molecule has 7 heteroatoms. The first-order chi connectivity index (χ1) is 10.7. The van der Waals surface area contributed by atoms with Crippen molar-refractivity contribution in [3.63, 3.8) is 0 Å². The molecule has 0 spiro atoms. The second-order valence-electron chi connectivity index (χ2n) is 4.93. The molecule has 0 aliphatic carbocycles. The molecule has 0 atom stereocenters. The molecule has 0 N–H and O–H groups in total. The van der Waals surface area contributed by atoms with Crippen LogP contribution in [0.1, 0.15) is 12.4 Å². The van der Waals surface area contributed by atoms with Gasteiger partial charge in [0.05, 0.1) is 30.8 Å². The lowest BCUT2D eigenvalue weighted by molar-refractivity contribution is 0.0645. The molecular formula is C15H21F2N3O2. The van der Waals surface area contributed by atoms with Crippen molar-refractivity contribution in [3.05, 3.63) is 30.1 Å². The molecule has 0 aliphatic rings. The van der Waals surface area contributed by atoms with Gasteiger partial charge in [-0.3, -0.25) is 9.47 Å². The van der Waals surface area contributed by atoms with Gasteiger partial charge in [-0.1, -0.05) is 12.1 Å². The molecule has 0 unspecified atom stereocenters. The normalized spacial score (nSPS) is 11.9. The minimum atomic E-state index is -2.62. The Morgan fingerprint density at radius 1 is 1.14 bits per heavy atom. The number of ether oxygens (including phenoxy) is 2. The van der Waals surface area contributed by atoms with Crippen LogP contribution in [0.4, 0.5) is 8.78 Å². The zero-order chi connectivity index (χ0) is 15.9. The van der Waals surface area contributed by atoms with Crippen LogP contribution in [0.2, 0.25) is 0 Å². The van der Waals surface area contributed by atoms with Crippen molar-refractivity contribution in [3.8, 4) is 0 Å². The number of imidazole rings is 1. The Morgan fingerprint density at radius 2 is 1.77 bits per heavy atom. The number of methoxy groups -OCH3 is 2. The van der Waals surface area contributed by atoms with Gasteiger partial charge in [-0.05, 0) is 12.1 Å². The highest BCUT2D eigenvalue weighted by Crippen LogP contribution is 2.23. The molecule has 22 heavy (non-hydrogen) atoms. The van der Waals surface area contributed by atoms with E-state index in [0.717, 1.165) is 4.57 Å². The summed E-state index contributed by atoms with van der Waals surface area (Å²) >= 11 is 0. The highest BCUT2D eigenvalue weighted by Gasteiger charge is 2.19. The van der Waals surface area contributed by atoms with E-state index in [1.54, 1.807) is 38.5 Å². The van der Waals surface area contributed by atoms with Crippen molar-refractivity contribution < 1.29 is 18.3 Å². The third-order valence-electron chi connectivity index (χ3n) is 3.45. The fraction of sp³-hybridized carbons (Fsp3) is 0.533. The molecule has 122 valence electrons. The smallest absolute Gasteiger partial charge is 0.320 e. The first-order valence-corrected chi connectivity index (χ1v) is 7.11. The van der Waals surface area contributed by atoms with Crippen molar-refractivity contribution in [1.82, 2.24) is 14.5 Å². The number of alkyl halides is 2. The van der Waals surface area contributed by atoms with E-state index in [-0.39, 0.29) is 0 Å². The fourth-order valence-corrected chi connectivity index (χ4v) is 2.33. The molecule has 0 fully saturated rings. The van der Waals surface area contributed by atoms with E-state index in [2.05, 4.69) is 4.98 Å². The zero-order valence-corrected chi connectivity index (χ0v) is 12.8. The van der Waals surface area contributed by atoms with Crippen molar-refractivity contribution in [1.29, 1.82) is 0 Å². The average molecular weight is 313 g/mol. The largest absolute Gasteiger partial charge is 0.383 e. The molecule has 1 heterocycles. The van der Waals surface area contributed by atoms with Gasteiger partial charge in [0.2, 0.25) is 0 Å². The van der Waals surface area contributed by atoms with Crippen LogP contribution in [0.25, 0.3) is 11.0 Å². The Labute approximate surface area is 128 Å². The van der Waals surface area contributed by atoms with E-state index >= 15 is 0 Å². The number of rotatable bonds is 9. The molecule has 5 nitrogen and oxygen atoms in total. The van der Waals surface area contributed by atoms with Crippen molar-refractivity contribution in [2.24, 2.45) is 0 Å². The SMILES string of the molecule is COCCN(CCOC)Cc1nc2ccccc2n1C(F)F. The van der Waals surface area contributed by atoms with Crippen LogP contribution in [-0.4, -0.2) is 55.0 Å². The van der Waals surface area contributed by atoms with E-state index in [0.29, 0.717) is 49.7 Å². The van der Waals surface area contributed by atoms with E-state index in [1.807, 2.05) is 4.90 Å². The van der Waals surface area contributed by atoms with Gasteiger partial charge in [0.25, 0.3) is 0 Å². The standard InChI is InChI=1S/C15H21F2N3O2/c1-21-9-7-19(8-10-22-2)11-14-18-12-5-3-4-6-13(12)20(14)15(16)17/h3-6,15H,7-11H2,1-2H3. The number of hydrogen-bond donors (Lipinski definition) is 0. The maximum Gasteiger partial charge on any atom is 0.320 e. The summed E-state index contributed by atoms with van der Waals surface area (Å²) in [4.78, 5) is 6.34. The van der Waals surface area contributed by atoms with E-state index < -0.39 is 6.55 Å². The highest BCUT2D eigenvalue weighted by molar-refractivity contribution is 5.75. The quantitative estimate of drug-likeness (QED) is 0.713. The number of para-hydroxylation sites is 2. The average Bonchev–Trinajstić information content (AvgIpc) is 2.87. The summed E-state index contributed by atoms with van der Waals surface area (Å²) in [5, 5.41) is 0. The molecule has 1 aromatic carbocycles. The molecule has 0 bridgehead atoms. The minimum absolute atomic E-state index is 0.325. The molecule has 0 saturated heterocycles. The Morgan fingerprint density at radius 3 is 2.36 bits per heavy atom. The number of fused-ring (bicyclic) bond motifs is 1. The number of nitrogens with zero attached hydrogens (tertiary/aromatic N) is 3. The summed E-state index contributed by atoms with van der Waals surface area (Å²) in [6.07, 6.45) is 0. The summed E-state index contributed by atoms with van der Waals surface area (Å²) in [6, 6.07) is 6.93. The second-order valence-corrected chi connectivity index (χ2v) is 4.93. The lowest BCUT2D eigenvalue weighted by Gasteiger charge is -2.21. The lowest BCUT2D eigenvalue weighted by Crippen LogP contribution is -2.31. The van der Waals surface area contributed by atoms with Gasteiger partial charge in [0, 0.05) is 27.3 Å². The number of halogens is 2. The zero-order valence-electron chi connectivity index (χ0n) is 12.8. The first-order valence-electron chi connectivity index (χ1n) is 7.11. The summed E-state index contributed by atoms with van der Waals surface area (Å²) in [5.74, 6) is 0.350. The van der Waals surface area contributed by atoms with Gasteiger partial charge in [0.1, 0.15) is 5.82 Å². The van der Waals surface area contributed by atoms with Gasteiger partial charge in [0.15, 0.2) is 0 Å². The highest BCUT2D eigenvalue weighted by atomic mass is 19.3. The Hall–Kier alpha value is -1.57. The molecule has 1 aromatic heterocycles. The molecular weight excluding hydrogens is 292 g/mol. The summed E-state index contributed by atoms with van der Waals surface area (Å²) < 4.78 is 37.9. The van der Waals surface area contributed by atoms with Crippen LogP contribution in [0.15, 0.2) is 24.3 Å². The van der Waals surface area contributed by atoms with E-state index in [4.69, 9.17) is 9.47 Å². The van der Waals surface area contributed by atoms with Crippen LogP contribution in [0.5, 0.6) is 0 Å². The van der Waals surface area contributed by atoms with Crippen molar-refractivity contribution in [2.45, 2.75) is 13.1 Å². The molecule has 2 rings (SSSR count). The lowest BCUT2D eigenvalue weighted by atomic mass is 10.3.